The first-order chi connectivity index (χ1) is 17.9. The van der Waals surface area contributed by atoms with Gasteiger partial charge in [-0.05, 0) is 67.0 Å². The second-order valence-corrected chi connectivity index (χ2v) is 10.9. The highest BCUT2D eigenvalue weighted by Gasteiger charge is 2.28. The molecule has 1 unspecified atom stereocenters. The molecule has 0 saturated carbocycles. The number of aromatic amines is 1. The summed E-state index contributed by atoms with van der Waals surface area (Å²) in [7, 11) is 0. The van der Waals surface area contributed by atoms with Gasteiger partial charge in [0.15, 0.2) is 0 Å². The van der Waals surface area contributed by atoms with Gasteiger partial charge >= 0.3 is 0 Å². The molecule has 1 aromatic carbocycles. The van der Waals surface area contributed by atoms with Crippen LogP contribution in [0.5, 0.6) is 0 Å². The first-order valence-electron chi connectivity index (χ1n) is 13.3. The molecule has 37 heavy (non-hydrogen) atoms. The van der Waals surface area contributed by atoms with Crippen LogP contribution in [0, 0.1) is 18.8 Å². The fourth-order valence-corrected chi connectivity index (χ4v) is 5.61. The SMILES string of the molecule is Cc1cc(=O)[nH]c2ccc(NC(=O)c3cc(CN4CCOCC4)cnc3N3CCC(CC(C)C)C3)cc12. The molecule has 0 spiro atoms. The lowest BCUT2D eigenvalue weighted by Crippen LogP contribution is -2.35. The van der Waals surface area contributed by atoms with Crippen LogP contribution in [0.1, 0.15) is 48.2 Å². The number of carbonyl (C=O) groups excluding carboxylic acids is 1. The maximum absolute atomic E-state index is 13.7. The summed E-state index contributed by atoms with van der Waals surface area (Å²) < 4.78 is 5.49. The van der Waals surface area contributed by atoms with E-state index in [0.29, 0.717) is 23.1 Å². The molecule has 8 heteroatoms. The number of pyridine rings is 2. The molecule has 196 valence electrons. The minimum Gasteiger partial charge on any atom is -0.379 e. The molecule has 2 saturated heterocycles. The summed E-state index contributed by atoms with van der Waals surface area (Å²) in [6, 6.07) is 9.16. The van der Waals surface area contributed by atoms with Crippen molar-refractivity contribution >= 4 is 28.3 Å². The molecule has 2 aromatic heterocycles. The highest BCUT2D eigenvalue weighted by molar-refractivity contribution is 6.08. The van der Waals surface area contributed by atoms with Crippen LogP contribution in [-0.4, -0.2) is 60.2 Å². The first kappa shape index (κ1) is 25.4. The third-order valence-electron chi connectivity index (χ3n) is 7.38. The third-order valence-corrected chi connectivity index (χ3v) is 7.38. The van der Waals surface area contributed by atoms with Gasteiger partial charge < -0.3 is 19.9 Å². The number of aryl methyl sites for hydroxylation is 1. The van der Waals surface area contributed by atoms with Crippen LogP contribution in [-0.2, 0) is 11.3 Å². The standard InChI is InChI=1S/C29H37N5O3/c1-19(2)12-21-6-7-34(18-21)28-25(14-22(16-30-28)17-33-8-10-37-11-9-33)29(36)31-23-4-5-26-24(15-23)20(3)13-27(35)32-26/h4-5,13-16,19,21H,6-12,17-18H2,1-3H3,(H,31,36)(H,32,35). The topological polar surface area (TPSA) is 90.6 Å². The Balaban J connectivity index is 1.42. The van der Waals surface area contributed by atoms with E-state index in [1.807, 2.05) is 37.4 Å². The van der Waals surface area contributed by atoms with E-state index in [2.05, 4.69) is 33.9 Å². The number of fused-ring (bicyclic) bond motifs is 1. The molecule has 4 heterocycles. The monoisotopic (exact) mass is 503 g/mol. The number of morpholine rings is 1. The lowest BCUT2D eigenvalue weighted by molar-refractivity contribution is 0.0341. The van der Waals surface area contributed by atoms with Gasteiger partial charge in [-0.1, -0.05) is 13.8 Å². The second kappa shape index (κ2) is 11.0. The van der Waals surface area contributed by atoms with Crippen molar-refractivity contribution in [1.82, 2.24) is 14.9 Å². The lowest BCUT2D eigenvalue weighted by Gasteiger charge is -2.27. The second-order valence-electron chi connectivity index (χ2n) is 10.9. The maximum atomic E-state index is 13.7. The number of aromatic nitrogens is 2. The zero-order chi connectivity index (χ0) is 25.9. The van der Waals surface area contributed by atoms with Crippen LogP contribution in [0.3, 0.4) is 0 Å². The highest BCUT2D eigenvalue weighted by Crippen LogP contribution is 2.30. The Bertz CT molecular complexity index is 1330. The quantitative estimate of drug-likeness (QED) is 0.503. The van der Waals surface area contributed by atoms with Crippen molar-refractivity contribution in [2.75, 3.05) is 49.6 Å². The van der Waals surface area contributed by atoms with Crippen LogP contribution in [0.15, 0.2) is 41.3 Å². The Kier molecular flexibility index (Phi) is 7.58. The summed E-state index contributed by atoms with van der Waals surface area (Å²) in [5.41, 5.74) is 3.83. The molecule has 1 amide bonds. The highest BCUT2D eigenvalue weighted by atomic mass is 16.5. The largest absolute Gasteiger partial charge is 0.379 e. The van der Waals surface area contributed by atoms with E-state index in [9.17, 15) is 9.59 Å². The molecule has 5 rings (SSSR count). The number of nitrogens with one attached hydrogen (secondary N) is 2. The Morgan fingerprint density at radius 2 is 2.00 bits per heavy atom. The van der Waals surface area contributed by atoms with E-state index in [1.54, 1.807) is 6.07 Å². The fourth-order valence-electron chi connectivity index (χ4n) is 5.61. The predicted octanol–water partition coefficient (Wildman–Crippen LogP) is 4.19. The van der Waals surface area contributed by atoms with E-state index in [4.69, 9.17) is 9.72 Å². The number of amides is 1. The molecule has 3 aromatic rings. The number of benzene rings is 1. The van der Waals surface area contributed by atoms with Gasteiger partial charge in [-0.3, -0.25) is 14.5 Å². The van der Waals surface area contributed by atoms with Gasteiger partial charge in [0.05, 0.1) is 18.8 Å². The third kappa shape index (κ3) is 6.02. The molecule has 8 nitrogen and oxygen atoms in total. The fraction of sp³-hybridized carbons (Fsp3) is 0.483. The van der Waals surface area contributed by atoms with Gasteiger partial charge in [0, 0.05) is 61.6 Å². The summed E-state index contributed by atoms with van der Waals surface area (Å²) in [6.07, 6.45) is 4.23. The number of H-pyrrole nitrogens is 1. The zero-order valence-electron chi connectivity index (χ0n) is 22.0. The number of rotatable bonds is 7. The maximum Gasteiger partial charge on any atom is 0.259 e. The number of ether oxygens (including phenoxy) is 1. The number of carbonyl (C=O) groups is 1. The number of nitrogens with zero attached hydrogens (tertiary/aromatic N) is 3. The molecular weight excluding hydrogens is 466 g/mol. The van der Waals surface area contributed by atoms with Crippen LogP contribution in [0.2, 0.25) is 0 Å². The van der Waals surface area contributed by atoms with Gasteiger partial charge in [-0.2, -0.15) is 0 Å². The smallest absolute Gasteiger partial charge is 0.259 e. The molecule has 1 atom stereocenters. The molecule has 0 aliphatic carbocycles. The van der Waals surface area contributed by atoms with Crippen molar-refractivity contribution in [3.63, 3.8) is 0 Å². The van der Waals surface area contributed by atoms with Crippen LogP contribution >= 0.6 is 0 Å². The predicted molar refractivity (Wildman–Crippen MR) is 147 cm³/mol. The molecule has 2 N–H and O–H groups in total. The summed E-state index contributed by atoms with van der Waals surface area (Å²) in [6.45, 7) is 12.2. The Morgan fingerprint density at radius 1 is 1.19 bits per heavy atom. The van der Waals surface area contributed by atoms with Crippen molar-refractivity contribution in [2.45, 2.75) is 40.2 Å². The average Bonchev–Trinajstić information content (AvgIpc) is 3.32. The van der Waals surface area contributed by atoms with Crippen molar-refractivity contribution in [1.29, 1.82) is 0 Å². The number of anilines is 2. The van der Waals surface area contributed by atoms with Gasteiger partial charge in [-0.25, -0.2) is 4.98 Å². The molecule has 0 bridgehead atoms. The summed E-state index contributed by atoms with van der Waals surface area (Å²) in [5.74, 6) is 1.87. The van der Waals surface area contributed by atoms with Crippen LogP contribution in [0.4, 0.5) is 11.5 Å². The molecule has 2 aliphatic heterocycles. The number of hydrogen-bond donors (Lipinski definition) is 2. The lowest BCUT2D eigenvalue weighted by atomic mass is 9.97. The van der Waals surface area contributed by atoms with Crippen molar-refractivity contribution < 1.29 is 9.53 Å². The minimum atomic E-state index is -0.167. The summed E-state index contributed by atoms with van der Waals surface area (Å²) in [5, 5.41) is 4.01. The van der Waals surface area contributed by atoms with E-state index in [-0.39, 0.29) is 11.5 Å². The Morgan fingerprint density at radius 3 is 2.78 bits per heavy atom. The van der Waals surface area contributed by atoms with Gasteiger partial charge in [-0.15, -0.1) is 0 Å². The summed E-state index contributed by atoms with van der Waals surface area (Å²) in [4.78, 5) is 37.8. The summed E-state index contributed by atoms with van der Waals surface area (Å²) >= 11 is 0. The van der Waals surface area contributed by atoms with E-state index < -0.39 is 0 Å². The van der Waals surface area contributed by atoms with Gasteiger partial charge in [0.2, 0.25) is 5.56 Å². The molecule has 2 fully saturated rings. The van der Waals surface area contributed by atoms with E-state index in [0.717, 1.165) is 80.2 Å². The Hall–Kier alpha value is -3.23. The Labute approximate surface area is 218 Å². The van der Waals surface area contributed by atoms with E-state index in [1.165, 1.54) is 6.42 Å². The van der Waals surface area contributed by atoms with Gasteiger partial charge in [0.25, 0.3) is 5.91 Å². The van der Waals surface area contributed by atoms with Crippen LogP contribution in [0.25, 0.3) is 10.9 Å². The minimum absolute atomic E-state index is 0.129. The zero-order valence-corrected chi connectivity index (χ0v) is 22.0. The first-order valence-corrected chi connectivity index (χ1v) is 13.3. The normalized spacial score (nSPS) is 18.6. The van der Waals surface area contributed by atoms with Gasteiger partial charge in [0.1, 0.15) is 5.82 Å². The van der Waals surface area contributed by atoms with Crippen molar-refractivity contribution in [3.8, 4) is 0 Å². The van der Waals surface area contributed by atoms with E-state index >= 15 is 0 Å². The number of hydrogen-bond acceptors (Lipinski definition) is 6. The molecule has 0 radical (unpaired) electrons. The van der Waals surface area contributed by atoms with Crippen molar-refractivity contribution in [2.24, 2.45) is 11.8 Å². The average molecular weight is 504 g/mol. The molecular formula is C29H37N5O3. The molecule has 2 aliphatic rings. The van der Waals surface area contributed by atoms with Crippen molar-refractivity contribution in [3.05, 3.63) is 63.6 Å². The van der Waals surface area contributed by atoms with Crippen LogP contribution < -0.4 is 15.8 Å².